The number of hydrogen-bond donors (Lipinski definition) is 0. The van der Waals surface area contributed by atoms with Crippen molar-refractivity contribution in [1.29, 1.82) is 0 Å². The summed E-state index contributed by atoms with van der Waals surface area (Å²) in [5.41, 5.74) is 0.593. The number of hydrogen-bond acceptors (Lipinski definition) is 4. The molecule has 0 radical (unpaired) electrons. The minimum absolute atomic E-state index is 0.00742. The summed E-state index contributed by atoms with van der Waals surface area (Å²) in [7, 11) is 0. The normalized spacial score (nSPS) is 17.5. The van der Waals surface area contributed by atoms with Crippen LogP contribution in [0.1, 0.15) is 57.3 Å². The summed E-state index contributed by atoms with van der Waals surface area (Å²) in [4.78, 5) is 38.8. The van der Waals surface area contributed by atoms with E-state index in [0.717, 1.165) is 12.8 Å². The quantitative estimate of drug-likeness (QED) is 0.552. The van der Waals surface area contributed by atoms with Gasteiger partial charge in [0.1, 0.15) is 5.75 Å². The molecule has 26 heavy (non-hydrogen) atoms. The van der Waals surface area contributed by atoms with Crippen molar-refractivity contribution >= 4 is 17.5 Å². The zero-order valence-corrected chi connectivity index (χ0v) is 16.2. The molecule has 2 rings (SSSR count). The Morgan fingerprint density at radius 1 is 1.19 bits per heavy atom. The van der Waals surface area contributed by atoms with Crippen LogP contribution < -0.4 is 4.74 Å². The fourth-order valence-electron chi connectivity index (χ4n) is 3.24. The maximum atomic E-state index is 12.9. The highest BCUT2D eigenvalue weighted by molar-refractivity contribution is 6.36. The summed E-state index contributed by atoms with van der Waals surface area (Å²) in [6.07, 6.45) is 1.76. The van der Waals surface area contributed by atoms with Gasteiger partial charge in [-0.25, -0.2) is 0 Å². The maximum absolute atomic E-state index is 12.9. The number of likely N-dealkylation sites (tertiary alicyclic amines) is 1. The molecule has 1 amide bonds. The SMILES string of the molecule is CC(C)CC(=O)C(=O)N1CCCC(C(=O)c2cccc(OC(C)C)c2)C1. The predicted molar refractivity (Wildman–Crippen MR) is 100 cm³/mol. The van der Waals surface area contributed by atoms with E-state index in [-0.39, 0.29) is 35.9 Å². The number of ketones is 2. The van der Waals surface area contributed by atoms with E-state index < -0.39 is 5.91 Å². The first-order chi connectivity index (χ1) is 12.3. The zero-order valence-electron chi connectivity index (χ0n) is 16.2. The van der Waals surface area contributed by atoms with Gasteiger partial charge in [-0.15, -0.1) is 0 Å². The van der Waals surface area contributed by atoms with Gasteiger partial charge in [-0.05, 0) is 44.7 Å². The second-order valence-corrected chi connectivity index (χ2v) is 7.67. The summed E-state index contributed by atoms with van der Waals surface area (Å²) in [6.45, 7) is 8.57. The highest BCUT2D eigenvalue weighted by Crippen LogP contribution is 2.24. The van der Waals surface area contributed by atoms with E-state index in [0.29, 0.717) is 24.4 Å². The van der Waals surface area contributed by atoms with Gasteiger partial charge in [-0.1, -0.05) is 26.0 Å². The number of nitrogens with zero attached hydrogens (tertiary/aromatic N) is 1. The van der Waals surface area contributed by atoms with Gasteiger partial charge in [0.25, 0.3) is 5.91 Å². The topological polar surface area (TPSA) is 63.7 Å². The van der Waals surface area contributed by atoms with Gasteiger partial charge in [0.05, 0.1) is 6.10 Å². The molecule has 142 valence electrons. The molecule has 0 bridgehead atoms. The van der Waals surface area contributed by atoms with Crippen LogP contribution in [0.15, 0.2) is 24.3 Å². The zero-order chi connectivity index (χ0) is 19.3. The average Bonchev–Trinajstić information content (AvgIpc) is 2.59. The van der Waals surface area contributed by atoms with Crippen LogP contribution in [-0.2, 0) is 9.59 Å². The van der Waals surface area contributed by atoms with Gasteiger partial charge < -0.3 is 9.64 Å². The van der Waals surface area contributed by atoms with Crippen LogP contribution in [0.4, 0.5) is 0 Å². The molecule has 1 aromatic carbocycles. The second kappa shape index (κ2) is 8.97. The first kappa shape index (κ1) is 20.1. The lowest BCUT2D eigenvalue weighted by molar-refractivity contribution is -0.146. The Morgan fingerprint density at radius 3 is 2.58 bits per heavy atom. The molecule has 1 aliphatic rings. The summed E-state index contributed by atoms with van der Waals surface area (Å²) in [6, 6.07) is 7.17. The van der Waals surface area contributed by atoms with Crippen LogP contribution in [0.25, 0.3) is 0 Å². The van der Waals surface area contributed by atoms with Crippen LogP contribution in [0.5, 0.6) is 5.75 Å². The Balaban J connectivity index is 2.05. The van der Waals surface area contributed by atoms with E-state index in [4.69, 9.17) is 4.74 Å². The molecular formula is C21H29NO4. The molecule has 1 heterocycles. The number of rotatable bonds is 7. The van der Waals surface area contributed by atoms with Gasteiger partial charge >= 0.3 is 0 Å². The molecule has 5 nitrogen and oxygen atoms in total. The summed E-state index contributed by atoms with van der Waals surface area (Å²) in [5.74, 6) is -0.255. The largest absolute Gasteiger partial charge is 0.491 e. The van der Waals surface area contributed by atoms with Gasteiger partial charge in [0.2, 0.25) is 5.78 Å². The molecule has 1 fully saturated rings. The molecule has 1 atom stereocenters. The number of carbonyl (C=O) groups is 3. The Kier molecular flexibility index (Phi) is 6.95. The van der Waals surface area contributed by atoms with Crippen molar-refractivity contribution in [2.45, 2.75) is 53.1 Å². The lowest BCUT2D eigenvalue weighted by Gasteiger charge is -2.31. The van der Waals surface area contributed by atoms with Crippen molar-refractivity contribution in [3.05, 3.63) is 29.8 Å². The highest BCUT2D eigenvalue weighted by atomic mass is 16.5. The average molecular weight is 359 g/mol. The summed E-state index contributed by atoms with van der Waals surface area (Å²) >= 11 is 0. The summed E-state index contributed by atoms with van der Waals surface area (Å²) < 4.78 is 5.66. The summed E-state index contributed by atoms with van der Waals surface area (Å²) in [5, 5.41) is 0. The fourth-order valence-corrected chi connectivity index (χ4v) is 3.24. The number of amides is 1. The third kappa shape index (κ3) is 5.41. The number of Topliss-reactive ketones (excluding diaryl/α,β-unsaturated/α-hetero) is 2. The maximum Gasteiger partial charge on any atom is 0.289 e. The molecule has 5 heteroatoms. The Labute approximate surface area is 155 Å². The second-order valence-electron chi connectivity index (χ2n) is 7.67. The van der Waals surface area contributed by atoms with Crippen molar-refractivity contribution in [2.75, 3.05) is 13.1 Å². The molecule has 0 spiro atoms. The Hall–Kier alpha value is -2.17. The van der Waals surface area contributed by atoms with Crippen LogP contribution in [0.2, 0.25) is 0 Å². The minimum Gasteiger partial charge on any atom is -0.491 e. The van der Waals surface area contributed by atoms with E-state index in [1.165, 1.54) is 0 Å². The van der Waals surface area contributed by atoms with Crippen molar-refractivity contribution in [1.82, 2.24) is 4.90 Å². The van der Waals surface area contributed by atoms with Crippen molar-refractivity contribution in [2.24, 2.45) is 11.8 Å². The van der Waals surface area contributed by atoms with Crippen molar-refractivity contribution < 1.29 is 19.1 Å². The van der Waals surface area contributed by atoms with Gasteiger partial charge in [0.15, 0.2) is 5.78 Å². The van der Waals surface area contributed by atoms with E-state index in [9.17, 15) is 14.4 Å². The number of ether oxygens (including phenoxy) is 1. The smallest absolute Gasteiger partial charge is 0.289 e. The van der Waals surface area contributed by atoms with Crippen molar-refractivity contribution in [3.63, 3.8) is 0 Å². The van der Waals surface area contributed by atoms with Gasteiger partial charge in [-0.3, -0.25) is 14.4 Å². The van der Waals surface area contributed by atoms with Crippen molar-refractivity contribution in [3.8, 4) is 5.75 Å². The molecule has 1 unspecified atom stereocenters. The van der Waals surface area contributed by atoms with Crippen LogP contribution in [0, 0.1) is 11.8 Å². The van der Waals surface area contributed by atoms with Gasteiger partial charge in [-0.2, -0.15) is 0 Å². The van der Waals surface area contributed by atoms with Gasteiger partial charge in [0, 0.05) is 31.0 Å². The molecule has 0 N–H and O–H groups in total. The van der Waals surface area contributed by atoms with Crippen LogP contribution in [0.3, 0.4) is 0 Å². The molecule has 0 aliphatic carbocycles. The molecule has 0 saturated carbocycles. The third-order valence-corrected chi connectivity index (χ3v) is 4.40. The number of piperidine rings is 1. The monoisotopic (exact) mass is 359 g/mol. The minimum atomic E-state index is -0.451. The lowest BCUT2D eigenvalue weighted by atomic mass is 9.89. The van der Waals surface area contributed by atoms with E-state index >= 15 is 0 Å². The molecule has 0 aromatic heterocycles. The molecule has 1 aliphatic heterocycles. The third-order valence-electron chi connectivity index (χ3n) is 4.40. The standard InChI is InChI=1S/C21H29NO4/c1-14(2)11-19(23)21(25)22-10-6-8-17(13-22)20(24)16-7-5-9-18(12-16)26-15(3)4/h5,7,9,12,14-15,17H,6,8,10-11,13H2,1-4H3. The molecule has 1 saturated heterocycles. The van der Waals surface area contributed by atoms with Crippen LogP contribution in [-0.4, -0.2) is 41.6 Å². The van der Waals surface area contributed by atoms with E-state index in [2.05, 4.69) is 0 Å². The first-order valence-electron chi connectivity index (χ1n) is 9.41. The first-order valence-corrected chi connectivity index (χ1v) is 9.41. The molecule has 1 aromatic rings. The predicted octanol–water partition coefficient (Wildman–Crippen LogP) is 3.51. The molecular weight excluding hydrogens is 330 g/mol. The number of benzene rings is 1. The highest BCUT2D eigenvalue weighted by Gasteiger charge is 2.31. The Morgan fingerprint density at radius 2 is 1.92 bits per heavy atom. The number of carbonyl (C=O) groups excluding carboxylic acids is 3. The van der Waals surface area contributed by atoms with E-state index in [1.54, 1.807) is 17.0 Å². The Bertz CT molecular complexity index is 666. The van der Waals surface area contributed by atoms with Crippen LogP contribution >= 0.6 is 0 Å². The van der Waals surface area contributed by atoms with E-state index in [1.807, 2.05) is 39.8 Å². The lowest BCUT2D eigenvalue weighted by Crippen LogP contribution is -2.45. The fraction of sp³-hybridized carbons (Fsp3) is 0.571.